The topological polar surface area (TPSA) is 116 Å². The lowest BCUT2D eigenvalue weighted by atomic mass is 10.1. The largest absolute Gasteiger partial charge is 0.491 e. The van der Waals surface area contributed by atoms with Gasteiger partial charge in [0.05, 0.1) is 18.9 Å². The minimum Gasteiger partial charge on any atom is -0.491 e. The summed E-state index contributed by atoms with van der Waals surface area (Å²) in [6, 6.07) is 2.99. The second-order valence-electron chi connectivity index (χ2n) is 5.03. The van der Waals surface area contributed by atoms with E-state index in [-0.39, 0.29) is 22.4 Å². The number of hydrogen-bond acceptors (Lipinski definition) is 7. The molecule has 0 spiro atoms. The first-order valence-electron chi connectivity index (χ1n) is 7.35. The Morgan fingerprint density at radius 1 is 1.21 bits per heavy atom. The summed E-state index contributed by atoms with van der Waals surface area (Å²) in [7, 11) is 2.65. The fourth-order valence-electron chi connectivity index (χ4n) is 1.90. The number of ether oxygens (including phenoxy) is 1. The first-order valence-corrected chi connectivity index (χ1v) is 7.73. The summed E-state index contributed by atoms with van der Waals surface area (Å²) >= 11 is 5.75. The smallest absolute Gasteiger partial charge is 0.451 e. The molecule has 0 amide bonds. The number of nitrogens with one attached hydrogen (secondary N) is 1. The lowest BCUT2D eigenvalue weighted by molar-refractivity contribution is -0.144. The van der Waals surface area contributed by atoms with Gasteiger partial charge in [-0.25, -0.2) is 19.7 Å². The van der Waals surface area contributed by atoms with Gasteiger partial charge in [-0.1, -0.05) is 11.6 Å². The molecule has 0 fully saturated rings. The Morgan fingerprint density at radius 2 is 1.93 bits per heavy atom. The molecule has 0 radical (unpaired) electrons. The van der Waals surface area contributed by atoms with Crippen LogP contribution in [0.1, 0.15) is 5.82 Å². The van der Waals surface area contributed by atoms with E-state index in [2.05, 4.69) is 25.3 Å². The number of alkyl halides is 3. The van der Waals surface area contributed by atoms with Gasteiger partial charge in [0, 0.05) is 31.1 Å². The molecule has 0 saturated carbocycles. The maximum atomic E-state index is 12.5. The summed E-state index contributed by atoms with van der Waals surface area (Å²) < 4.78 is 43.4. The van der Waals surface area contributed by atoms with E-state index in [1.165, 1.54) is 32.6 Å². The predicted octanol–water partition coefficient (Wildman–Crippen LogP) is 1.69. The zero-order valence-electron chi connectivity index (χ0n) is 14.4. The molecule has 3 aromatic rings. The Morgan fingerprint density at radius 3 is 2.39 bits per heavy atom. The second kappa shape index (κ2) is 8.61. The van der Waals surface area contributed by atoms with Gasteiger partial charge in [-0.3, -0.25) is 9.59 Å². The normalized spacial score (nSPS) is 10.8. The highest BCUT2D eigenvalue weighted by Gasteiger charge is 2.35. The number of aryl methyl sites for hydroxylation is 1. The van der Waals surface area contributed by atoms with Crippen LogP contribution in [0.3, 0.4) is 0 Å². The molecule has 0 aromatic carbocycles. The maximum absolute atomic E-state index is 12.5. The molecule has 1 N–H and O–H groups in total. The van der Waals surface area contributed by atoms with Crippen LogP contribution < -0.4 is 15.9 Å². The van der Waals surface area contributed by atoms with Crippen molar-refractivity contribution in [1.82, 2.24) is 29.9 Å². The third kappa shape index (κ3) is 4.91. The number of rotatable bonds is 2. The molecule has 3 heterocycles. The average molecular weight is 417 g/mol. The van der Waals surface area contributed by atoms with Gasteiger partial charge in [-0.05, 0) is 6.07 Å². The Labute approximate surface area is 159 Å². The van der Waals surface area contributed by atoms with Crippen LogP contribution in [0.2, 0.25) is 5.15 Å². The van der Waals surface area contributed by atoms with Gasteiger partial charge in [-0.15, -0.1) is 0 Å². The summed E-state index contributed by atoms with van der Waals surface area (Å²) in [6.45, 7) is 0. The molecule has 0 aliphatic carbocycles. The number of aromatic amines is 1. The van der Waals surface area contributed by atoms with E-state index >= 15 is 0 Å². The highest BCUT2D eigenvalue weighted by atomic mass is 35.5. The van der Waals surface area contributed by atoms with Gasteiger partial charge < -0.3 is 4.74 Å². The van der Waals surface area contributed by atoms with Crippen LogP contribution in [-0.2, 0) is 13.2 Å². The summed E-state index contributed by atoms with van der Waals surface area (Å²) in [5.74, 6) is -1.48. The lowest BCUT2D eigenvalue weighted by Gasteiger charge is -2.11. The van der Waals surface area contributed by atoms with Gasteiger partial charge in [-0.2, -0.15) is 23.4 Å². The van der Waals surface area contributed by atoms with E-state index in [0.29, 0.717) is 0 Å². The molecule has 148 valence electrons. The van der Waals surface area contributed by atoms with Crippen LogP contribution in [-0.4, -0.2) is 37.1 Å². The van der Waals surface area contributed by atoms with Gasteiger partial charge in [0.2, 0.25) is 5.82 Å². The molecule has 0 atom stereocenters. The molecule has 3 aromatic heterocycles. The highest BCUT2D eigenvalue weighted by Crippen LogP contribution is 2.33. The third-order valence-electron chi connectivity index (χ3n) is 3.17. The predicted molar refractivity (Wildman–Crippen MR) is 91.9 cm³/mol. The molecule has 9 nitrogen and oxygen atoms in total. The van der Waals surface area contributed by atoms with Gasteiger partial charge in [0.15, 0.2) is 5.75 Å². The summed E-state index contributed by atoms with van der Waals surface area (Å²) in [5.41, 5.74) is -0.598. The van der Waals surface area contributed by atoms with Crippen molar-refractivity contribution in [2.24, 2.45) is 7.05 Å². The fraction of sp³-hybridized carbons (Fsp3) is 0.200. The maximum Gasteiger partial charge on any atom is 0.451 e. The molecule has 0 aliphatic rings. The first kappa shape index (κ1) is 21.0. The first-order chi connectivity index (χ1) is 13.1. The number of aromatic nitrogens is 6. The average Bonchev–Trinajstić information content (AvgIpc) is 2.64. The minimum absolute atomic E-state index is 0.0201. The highest BCUT2D eigenvalue weighted by molar-refractivity contribution is 6.32. The molecule has 0 aliphatic heterocycles. The third-order valence-corrected chi connectivity index (χ3v) is 3.45. The molecule has 0 unspecified atom stereocenters. The number of nitrogens with zero attached hydrogens (tertiary/aromatic N) is 5. The van der Waals surface area contributed by atoms with Crippen LogP contribution in [0, 0.1) is 0 Å². The van der Waals surface area contributed by atoms with Gasteiger partial charge in [0.25, 0.3) is 5.56 Å². The van der Waals surface area contributed by atoms with Crippen molar-refractivity contribution in [1.29, 1.82) is 0 Å². The zero-order valence-corrected chi connectivity index (χ0v) is 15.1. The molecular weight excluding hydrogens is 405 g/mol. The SMILES string of the molecule is COc1c(-c2cnc(C(F)(F)F)nc2Cl)cnn(C)c1=O.O=c1cccn[nH]1. The van der Waals surface area contributed by atoms with E-state index in [4.69, 9.17) is 16.3 Å². The molecule has 0 bridgehead atoms. The van der Waals surface area contributed by atoms with Crippen molar-refractivity contribution in [3.05, 3.63) is 62.4 Å². The number of H-pyrrole nitrogens is 1. The summed E-state index contributed by atoms with van der Waals surface area (Å²) in [6.07, 6.45) is -1.09. The molecule has 13 heteroatoms. The van der Waals surface area contributed by atoms with Crippen LogP contribution >= 0.6 is 11.6 Å². The molecule has 3 rings (SSSR count). The van der Waals surface area contributed by atoms with E-state index in [1.54, 1.807) is 6.07 Å². The van der Waals surface area contributed by atoms with Crippen molar-refractivity contribution >= 4 is 11.6 Å². The van der Waals surface area contributed by atoms with E-state index < -0.39 is 22.7 Å². The van der Waals surface area contributed by atoms with Crippen LogP contribution in [0.4, 0.5) is 13.2 Å². The molecule has 28 heavy (non-hydrogen) atoms. The lowest BCUT2D eigenvalue weighted by Crippen LogP contribution is -2.21. The Balaban J connectivity index is 0.000000336. The minimum atomic E-state index is -4.71. The van der Waals surface area contributed by atoms with Crippen molar-refractivity contribution in [3.8, 4) is 16.9 Å². The van der Waals surface area contributed by atoms with E-state index in [1.807, 2.05) is 0 Å². The Hall–Kier alpha value is -3.28. The Kier molecular flexibility index (Phi) is 6.46. The zero-order chi connectivity index (χ0) is 20.9. The second-order valence-corrected chi connectivity index (χ2v) is 5.39. The number of methoxy groups -OCH3 is 1. The van der Waals surface area contributed by atoms with Crippen molar-refractivity contribution in [2.75, 3.05) is 7.11 Å². The molecular formula is C15H12ClF3N6O3. The van der Waals surface area contributed by atoms with Gasteiger partial charge >= 0.3 is 11.7 Å². The van der Waals surface area contributed by atoms with Crippen molar-refractivity contribution < 1.29 is 17.9 Å². The monoisotopic (exact) mass is 416 g/mol. The Bertz CT molecular complexity index is 1070. The van der Waals surface area contributed by atoms with Crippen molar-refractivity contribution in [3.63, 3.8) is 0 Å². The standard InChI is InChI=1S/C11H8ClF3N4O2.C4H4N2O/c1-19-9(20)7(21-2)5(4-17-19)6-3-16-10(11(13,14)15)18-8(6)12;7-4-2-1-3-5-6-4/h3-4H,1-2H3;1-3H,(H,6,7). The van der Waals surface area contributed by atoms with Crippen LogP contribution in [0.15, 0.2) is 40.3 Å². The quantitative estimate of drug-likeness (QED) is 0.632. The van der Waals surface area contributed by atoms with Gasteiger partial charge in [0.1, 0.15) is 5.15 Å². The number of halogens is 4. The van der Waals surface area contributed by atoms with E-state index in [0.717, 1.165) is 10.9 Å². The van der Waals surface area contributed by atoms with Crippen molar-refractivity contribution in [2.45, 2.75) is 6.18 Å². The van der Waals surface area contributed by atoms with Crippen LogP contribution in [0.5, 0.6) is 5.75 Å². The van der Waals surface area contributed by atoms with Crippen LogP contribution in [0.25, 0.3) is 11.1 Å². The molecule has 0 saturated heterocycles. The summed E-state index contributed by atoms with van der Waals surface area (Å²) in [4.78, 5) is 28.4. The van der Waals surface area contributed by atoms with E-state index in [9.17, 15) is 22.8 Å². The fourth-order valence-corrected chi connectivity index (χ4v) is 2.13. The number of hydrogen-bond donors (Lipinski definition) is 1. The summed E-state index contributed by atoms with van der Waals surface area (Å²) in [5, 5.41) is 8.98.